The zero-order valence-corrected chi connectivity index (χ0v) is 6.45. The molecule has 0 unspecified atom stereocenters. The lowest BCUT2D eigenvalue weighted by atomic mass is 9.97. The number of carbonyl (C=O) groups excluding carboxylic acids is 1. The summed E-state index contributed by atoms with van der Waals surface area (Å²) >= 11 is 0. The quantitative estimate of drug-likeness (QED) is 0.566. The summed E-state index contributed by atoms with van der Waals surface area (Å²) in [6, 6.07) is -0.116. The van der Waals surface area contributed by atoms with Crippen molar-refractivity contribution in [3.63, 3.8) is 0 Å². The Hall–Kier alpha value is -0.610. The van der Waals surface area contributed by atoms with Crippen LogP contribution in [0.5, 0.6) is 0 Å². The second-order valence-corrected chi connectivity index (χ2v) is 2.96. The minimum absolute atomic E-state index is 0.116. The van der Waals surface area contributed by atoms with E-state index in [4.69, 9.17) is 16.2 Å². The van der Waals surface area contributed by atoms with Gasteiger partial charge in [0.15, 0.2) is 0 Å². The van der Waals surface area contributed by atoms with Gasteiger partial charge in [0.25, 0.3) is 0 Å². The van der Waals surface area contributed by atoms with Gasteiger partial charge < -0.3 is 16.2 Å². The fourth-order valence-corrected chi connectivity index (χ4v) is 1.29. The number of rotatable bonds is 3. The Kier molecular flexibility index (Phi) is 2.84. The molecule has 1 fully saturated rings. The molecule has 0 aliphatic carbocycles. The fraction of sp³-hybridized carbons (Fsp3) is 0.857. The van der Waals surface area contributed by atoms with Crippen molar-refractivity contribution in [2.24, 2.45) is 17.4 Å². The maximum absolute atomic E-state index is 10.5. The third-order valence-electron chi connectivity index (χ3n) is 2.01. The van der Waals surface area contributed by atoms with Gasteiger partial charge in [-0.05, 0) is 6.42 Å². The molecule has 1 amide bonds. The molecule has 0 radical (unpaired) electrons. The Morgan fingerprint density at radius 1 is 1.73 bits per heavy atom. The first-order valence-electron chi connectivity index (χ1n) is 3.82. The predicted molar refractivity (Wildman–Crippen MR) is 40.7 cm³/mol. The lowest BCUT2D eigenvalue weighted by Gasteiger charge is -2.14. The van der Waals surface area contributed by atoms with Gasteiger partial charge in [-0.2, -0.15) is 0 Å². The third-order valence-corrected chi connectivity index (χ3v) is 2.01. The summed E-state index contributed by atoms with van der Waals surface area (Å²) in [5.74, 6) is -0.00750. The van der Waals surface area contributed by atoms with Crippen LogP contribution in [0.25, 0.3) is 0 Å². The van der Waals surface area contributed by atoms with Crippen molar-refractivity contribution in [3.05, 3.63) is 0 Å². The minimum atomic E-state index is -0.329. The van der Waals surface area contributed by atoms with Crippen molar-refractivity contribution in [3.8, 4) is 0 Å². The standard InChI is InChI=1S/C7H14N2O2/c8-6(3-7(9)10)5-1-2-11-4-5/h5-6H,1-4,8H2,(H2,9,10)/t5-,6-/m0/s1. The first kappa shape index (κ1) is 8.49. The molecule has 4 N–H and O–H groups in total. The molecule has 1 heterocycles. The fourth-order valence-electron chi connectivity index (χ4n) is 1.29. The van der Waals surface area contributed by atoms with Crippen LogP contribution in [0.3, 0.4) is 0 Å². The molecule has 0 aromatic carbocycles. The zero-order chi connectivity index (χ0) is 8.27. The van der Waals surface area contributed by atoms with Gasteiger partial charge in [-0.25, -0.2) is 0 Å². The van der Waals surface area contributed by atoms with Gasteiger partial charge in [-0.3, -0.25) is 4.79 Å². The highest BCUT2D eigenvalue weighted by molar-refractivity contribution is 5.74. The molecule has 64 valence electrons. The maximum atomic E-state index is 10.5. The molecule has 4 nitrogen and oxygen atoms in total. The van der Waals surface area contributed by atoms with E-state index in [1.54, 1.807) is 0 Å². The molecule has 0 spiro atoms. The summed E-state index contributed by atoms with van der Waals surface area (Å²) in [7, 11) is 0. The molecule has 1 aliphatic rings. The van der Waals surface area contributed by atoms with E-state index in [2.05, 4.69) is 0 Å². The topological polar surface area (TPSA) is 78.3 Å². The van der Waals surface area contributed by atoms with Crippen molar-refractivity contribution in [2.75, 3.05) is 13.2 Å². The van der Waals surface area contributed by atoms with E-state index in [0.29, 0.717) is 12.5 Å². The Labute approximate surface area is 65.9 Å². The van der Waals surface area contributed by atoms with Crippen molar-refractivity contribution in [1.82, 2.24) is 0 Å². The summed E-state index contributed by atoms with van der Waals surface area (Å²) < 4.78 is 5.13. The Morgan fingerprint density at radius 2 is 2.45 bits per heavy atom. The van der Waals surface area contributed by atoms with Crippen LogP contribution in [-0.4, -0.2) is 25.2 Å². The van der Waals surface area contributed by atoms with Crippen LogP contribution < -0.4 is 11.5 Å². The van der Waals surface area contributed by atoms with Gasteiger partial charge >= 0.3 is 0 Å². The molecular formula is C7H14N2O2. The smallest absolute Gasteiger partial charge is 0.218 e. The summed E-state index contributed by atoms with van der Waals surface area (Å²) in [5, 5.41) is 0. The second kappa shape index (κ2) is 3.69. The third kappa shape index (κ3) is 2.48. The average molecular weight is 158 g/mol. The molecule has 1 rings (SSSR count). The lowest BCUT2D eigenvalue weighted by molar-refractivity contribution is -0.118. The number of nitrogens with two attached hydrogens (primary N) is 2. The molecule has 0 aromatic heterocycles. The molecule has 0 bridgehead atoms. The van der Waals surface area contributed by atoms with Gasteiger partial charge in [-0.15, -0.1) is 0 Å². The number of carbonyl (C=O) groups is 1. The Balaban J connectivity index is 2.28. The van der Waals surface area contributed by atoms with Crippen LogP contribution in [0.2, 0.25) is 0 Å². The van der Waals surface area contributed by atoms with Crippen molar-refractivity contribution >= 4 is 5.91 Å². The van der Waals surface area contributed by atoms with Gasteiger partial charge in [-0.1, -0.05) is 0 Å². The molecule has 1 aliphatic heterocycles. The summed E-state index contributed by atoms with van der Waals surface area (Å²) in [6.07, 6.45) is 1.22. The molecular weight excluding hydrogens is 144 g/mol. The van der Waals surface area contributed by atoms with E-state index < -0.39 is 0 Å². The van der Waals surface area contributed by atoms with Gasteiger partial charge in [0.2, 0.25) is 5.91 Å². The van der Waals surface area contributed by atoms with E-state index in [9.17, 15) is 4.79 Å². The number of amides is 1. The highest BCUT2D eigenvalue weighted by atomic mass is 16.5. The number of ether oxygens (including phenoxy) is 1. The maximum Gasteiger partial charge on any atom is 0.218 e. The zero-order valence-electron chi connectivity index (χ0n) is 6.45. The van der Waals surface area contributed by atoms with Crippen LogP contribution in [0.4, 0.5) is 0 Å². The molecule has 0 aromatic rings. The first-order valence-corrected chi connectivity index (χ1v) is 3.82. The van der Waals surface area contributed by atoms with Gasteiger partial charge in [0.05, 0.1) is 6.61 Å². The first-order chi connectivity index (χ1) is 5.20. The molecule has 1 saturated heterocycles. The normalized spacial score (nSPS) is 26.8. The average Bonchev–Trinajstić information content (AvgIpc) is 2.35. The largest absolute Gasteiger partial charge is 0.381 e. The number of hydrogen-bond donors (Lipinski definition) is 2. The van der Waals surface area contributed by atoms with E-state index in [1.807, 2.05) is 0 Å². The summed E-state index contributed by atoms with van der Waals surface area (Å²) in [5.41, 5.74) is 10.7. The van der Waals surface area contributed by atoms with E-state index in [0.717, 1.165) is 13.0 Å². The lowest BCUT2D eigenvalue weighted by Crippen LogP contribution is -2.34. The molecule has 0 saturated carbocycles. The summed E-state index contributed by atoms with van der Waals surface area (Å²) in [4.78, 5) is 10.5. The SMILES string of the molecule is NC(=O)C[C@H](N)[C@H]1CCOC1. The Bertz CT molecular complexity index is 143. The van der Waals surface area contributed by atoms with Crippen molar-refractivity contribution in [2.45, 2.75) is 18.9 Å². The highest BCUT2D eigenvalue weighted by Gasteiger charge is 2.23. The predicted octanol–water partition coefficient (Wildman–Crippen LogP) is -0.774. The number of primary amides is 1. The minimum Gasteiger partial charge on any atom is -0.381 e. The highest BCUT2D eigenvalue weighted by Crippen LogP contribution is 2.16. The van der Waals surface area contributed by atoms with Crippen LogP contribution in [0.15, 0.2) is 0 Å². The van der Waals surface area contributed by atoms with Gasteiger partial charge in [0.1, 0.15) is 0 Å². The van der Waals surface area contributed by atoms with Crippen LogP contribution >= 0.6 is 0 Å². The van der Waals surface area contributed by atoms with E-state index in [1.165, 1.54) is 0 Å². The monoisotopic (exact) mass is 158 g/mol. The van der Waals surface area contributed by atoms with Crippen molar-refractivity contribution < 1.29 is 9.53 Å². The van der Waals surface area contributed by atoms with E-state index >= 15 is 0 Å². The van der Waals surface area contributed by atoms with E-state index in [-0.39, 0.29) is 18.4 Å². The van der Waals surface area contributed by atoms with Crippen molar-refractivity contribution in [1.29, 1.82) is 0 Å². The van der Waals surface area contributed by atoms with Crippen LogP contribution in [0, 0.1) is 5.92 Å². The number of hydrogen-bond acceptors (Lipinski definition) is 3. The Morgan fingerprint density at radius 3 is 2.91 bits per heavy atom. The van der Waals surface area contributed by atoms with Crippen LogP contribution in [-0.2, 0) is 9.53 Å². The summed E-state index contributed by atoms with van der Waals surface area (Å²) in [6.45, 7) is 1.44. The molecule has 2 atom stereocenters. The molecule has 11 heavy (non-hydrogen) atoms. The van der Waals surface area contributed by atoms with Crippen LogP contribution in [0.1, 0.15) is 12.8 Å². The molecule has 4 heteroatoms. The second-order valence-electron chi connectivity index (χ2n) is 2.96. The van der Waals surface area contributed by atoms with Gasteiger partial charge in [0, 0.05) is 25.0 Å².